The van der Waals surface area contributed by atoms with Crippen molar-refractivity contribution in [2.24, 2.45) is 0 Å². The molecule has 6 heteroatoms. The Labute approximate surface area is 125 Å². The molecule has 1 unspecified atom stereocenters. The van der Waals surface area contributed by atoms with Gasteiger partial charge in [-0.2, -0.15) is 0 Å². The van der Waals surface area contributed by atoms with E-state index in [-0.39, 0.29) is 36.4 Å². The highest BCUT2D eigenvalue weighted by atomic mass is 35.5. The molecule has 3 nitrogen and oxygen atoms in total. The Morgan fingerprint density at radius 3 is 2.58 bits per heavy atom. The molecule has 1 heterocycles. The maximum atomic E-state index is 12.7. The van der Waals surface area contributed by atoms with E-state index in [9.17, 15) is 9.18 Å². The fourth-order valence-corrected chi connectivity index (χ4v) is 2.09. The molecular weight excluding hydrogens is 290 g/mol. The summed E-state index contributed by atoms with van der Waals surface area (Å²) in [5.74, 6) is -0.253. The van der Waals surface area contributed by atoms with Crippen molar-refractivity contribution in [1.82, 2.24) is 10.2 Å². The number of Topliss-reactive ketones (excluding diaryl/α,β-unsaturated/α-hetero) is 1. The molecule has 0 aliphatic carbocycles. The van der Waals surface area contributed by atoms with Crippen LogP contribution in [0.25, 0.3) is 0 Å². The number of piperazine rings is 1. The molecule has 0 radical (unpaired) electrons. The number of ketones is 1. The fraction of sp³-hybridized carbons (Fsp3) is 0.462. The van der Waals surface area contributed by atoms with E-state index < -0.39 is 0 Å². The Morgan fingerprint density at radius 2 is 2.00 bits per heavy atom. The minimum atomic E-state index is -0.308. The van der Waals surface area contributed by atoms with Crippen molar-refractivity contribution in [3.63, 3.8) is 0 Å². The van der Waals surface area contributed by atoms with Crippen molar-refractivity contribution < 1.29 is 9.18 Å². The number of carbonyl (C=O) groups excluding carboxylic acids is 1. The van der Waals surface area contributed by atoms with Crippen LogP contribution in [0.15, 0.2) is 24.3 Å². The molecule has 1 aromatic rings. The van der Waals surface area contributed by atoms with Gasteiger partial charge < -0.3 is 5.32 Å². The Balaban J connectivity index is 0.00000162. The third kappa shape index (κ3) is 5.45. The molecule has 0 aromatic heterocycles. The second kappa shape index (κ2) is 8.48. The summed E-state index contributed by atoms with van der Waals surface area (Å²) in [6.45, 7) is 5.20. The van der Waals surface area contributed by atoms with E-state index in [1.807, 2.05) is 0 Å². The van der Waals surface area contributed by atoms with E-state index in [1.165, 1.54) is 12.1 Å². The lowest BCUT2D eigenvalue weighted by Crippen LogP contribution is -2.50. The summed E-state index contributed by atoms with van der Waals surface area (Å²) in [7, 11) is 0. The van der Waals surface area contributed by atoms with Crippen LogP contribution in [-0.4, -0.2) is 42.9 Å². The minimum absolute atomic E-state index is 0. The molecular formula is C13H19Cl2FN2O. The van der Waals surface area contributed by atoms with Crippen molar-refractivity contribution in [2.75, 3.05) is 26.2 Å². The first-order valence-corrected chi connectivity index (χ1v) is 5.89. The summed E-state index contributed by atoms with van der Waals surface area (Å²) in [5, 5.41) is 3.33. The van der Waals surface area contributed by atoms with Gasteiger partial charge >= 0.3 is 0 Å². The van der Waals surface area contributed by atoms with Gasteiger partial charge in [-0.25, -0.2) is 4.39 Å². The first-order chi connectivity index (χ1) is 8.15. The number of benzene rings is 1. The van der Waals surface area contributed by atoms with E-state index >= 15 is 0 Å². The molecule has 19 heavy (non-hydrogen) atoms. The van der Waals surface area contributed by atoms with E-state index in [1.54, 1.807) is 12.1 Å². The molecule has 1 aliphatic rings. The van der Waals surface area contributed by atoms with Crippen molar-refractivity contribution in [2.45, 2.75) is 13.0 Å². The van der Waals surface area contributed by atoms with E-state index in [2.05, 4.69) is 17.1 Å². The lowest BCUT2D eigenvalue weighted by Gasteiger charge is -2.31. The van der Waals surface area contributed by atoms with Gasteiger partial charge in [0.25, 0.3) is 0 Å². The molecule has 1 fully saturated rings. The van der Waals surface area contributed by atoms with Gasteiger partial charge in [-0.05, 0) is 31.2 Å². The zero-order chi connectivity index (χ0) is 12.3. The van der Waals surface area contributed by atoms with Crippen LogP contribution in [-0.2, 0) is 0 Å². The van der Waals surface area contributed by atoms with Crippen LogP contribution in [0.1, 0.15) is 17.3 Å². The van der Waals surface area contributed by atoms with Crippen molar-refractivity contribution in [3.05, 3.63) is 35.6 Å². The topological polar surface area (TPSA) is 32.3 Å². The maximum absolute atomic E-state index is 12.7. The zero-order valence-corrected chi connectivity index (χ0v) is 12.4. The Hall–Kier alpha value is -0.680. The highest BCUT2D eigenvalue weighted by Gasteiger charge is 2.18. The highest BCUT2D eigenvalue weighted by molar-refractivity contribution is 5.97. The quantitative estimate of drug-likeness (QED) is 0.868. The second-order valence-electron chi connectivity index (χ2n) is 4.52. The van der Waals surface area contributed by atoms with Gasteiger partial charge in [-0.15, -0.1) is 24.8 Å². The van der Waals surface area contributed by atoms with Crippen LogP contribution < -0.4 is 5.32 Å². The summed E-state index contributed by atoms with van der Waals surface area (Å²) in [6.07, 6.45) is 0. The van der Waals surface area contributed by atoms with Crippen molar-refractivity contribution in [3.8, 4) is 0 Å². The van der Waals surface area contributed by atoms with Gasteiger partial charge in [0.1, 0.15) is 5.82 Å². The molecule has 1 aromatic carbocycles. The monoisotopic (exact) mass is 308 g/mol. The smallest absolute Gasteiger partial charge is 0.176 e. The number of halogens is 3. The number of hydrogen-bond donors (Lipinski definition) is 1. The van der Waals surface area contributed by atoms with Crippen LogP contribution in [0, 0.1) is 5.82 Å². The fourth-order valence-electron chi connectivity index (χ4n) is 2.09. The normalized spacial score (nSPS) is 19.2. The van der Waals surface area contributed by atoms with Crippen molar-refractivity contribution >= 4 is 30.6 Å². The van der Waals surface area contributed by atoms with E-state index in [0.29, 0.717) is 18.2 Å². The maximum Gasteiger partial charge on any atom is 0.176 e. The van der Waals surface area contributed by atoms with Gasteiger partial charge in [0.15, 0.2) is 5.78 Å². The number of nitrogens with zero attached hydrogens (tertiary/aromatic N) is 1. The lowest BCUT2D eigenvalue weighted by atomic mass is 10.1. The predicted molar refractivity (Wildman–Crippen MR) is 79.1 cm³/mol. The van der Waals surface area contributed by atoms with Crippen molar-refractivity contribution in [1.29, 1.82) is 0 Å². The van der Waals surface area contributed by atoms with Crippen LogP contribution in [0.4, 0.5) is 4.39 Å². The van der Waals surface area contributed by atoms with Gasteiger partial charge in [0, 0.05) is 31.2 Å². The number of hydrogen-bond acceptors (Lipinski definition) is 3. The molecule has 1 saturated heterocycles. The predicted octanol–water partition coefficient (Wildman–Crippen LogP) is 2.15. The molecule has 0 amide bonds. The largest absolute Gasteiger partial charge is 0.312 e. The van der Waals surface area contributed by atoms with E-state index in [0.717, 1.165) is 19.6 Å². The standard InChI is InChI=1S/C13H17FN2O.2ClH/c1-10-8-16(7-6-15-10)9-13(17)11-2-4-12(14)5-3-11;;/h2-5,10,15H,6-9H2,1H3;2*1H. The summed E-state index contributed by atoms with van der Waals surface area (Å²) in [5.41, 5.74) is 0.581. The summed E-state index contributed by atoms with van der Waals surface area (Å²) < 4.78 is 12.7. The van der Waals surface area contributed by atoms with Crippen LogP contribution >= 0.6 is 24.8 Å². The molecule has 1 atom stereocenters. The van der Waals surface area contributed by atoms with Gasteiger partial charge in [0.05, 0.1) is 6.54 Å². The van der Waals surface area contributed by atoms with Gasteiger partial charge in [-0.3, -0.25) is 9.69 Å². The SMILES string of the molecule is CC1CN(CC(=O)c2ccc(F)cc2)CCN1.Cl.Cl. The second-order valence-corrected chi connectivity index (χ2v) is 4.52. The molecule has 1 N–H and O–H groups in total. The number of rotatable bonds is 3. The zero-order valence-electron chi connectivity index (χ0n) is 10.8. The first kappa shape index (κ1) is 18.3. The lowest BCUT2D eigenvalue weighted by molar-refractivity contribution is 0.0908. The third-order valence-electron chi connectivity index (χ3n) is 2.99. The summed E-state index contributed by atoms with van der Waals surface area (Å²) in [6, 6.07) is 6.16. The van der Waals surface area contributed by atoms with Crippen LogP contribution in [0.2, 0.25) is 0 Å². The highest BCUT2D eigenvalue weighted by Crippen LogP contribution is 2.06. The molecule has 2 rings (SSSR count). The third-order valence-corrected chi connectivity index (χ3v) is 2.99. The van der Waals surface area contributed by atoms with Crippen LogP contribution in [0.5, 0.6) is 0 Å². The summed E-state index contributed by atoms with van der Waals surface area (Å²) in [4.78, 5) is 14.1. The van der Waals surface area contributed by atoms with E-state index in [4.69, 9.17) is 0 Å². The minimum Gasteiger partial charge on any atom is -0.312 e. The number of carbonyl (C=O) groups is 1. The Morgan fingerprint density at radius 1 is 1.37 bits per heavy atom. The Bertz CT molecular complexity index is 400. The Kier molecular flexibility index (Phi) is 8.18. The molecule has 108 valence electrons. The van der Waals surface area contributed by atoms with Crippen LogP contribution in [0.3, 0.4) is 0 Å². The average molecular weight is 309 g/mol. The molecule has 0 saturated carbocycles. The summed E-state index contributed by atoms with van der Waals surface area (Å²) >= 11 is 0. The van der Waals surface area contributed by atoms with Gasteiger partial charge in [-0.1, -0.05) is 0 Å². The average Bonchev–Trinajstić information content (AvgIpc) is 2.29. The molecule has 0 spiro atoms. The molecule has 1 aliphatic heterocycles. The molecule has 0 bridgehead atoms. The number of nitrogens with one attached hydrogen (secondary N) is 1. The first-order valence-electron chi connectivity index (χ1n) is 5.89. The van der Waals surface area contributed by atoms with Gasteiger partial charge in [0.2, 0.25) is 0 Å².